The molecule has 118 valence electrons. The van der Waals surface area contributed by atoms with Crippen LogP contribution in [0.1, 0.15) is 11.1 Å². The fraction of sp³-hybridized carbons (Fsp3) is 0.100. The van der Waals surface area contributed by atoms with Gasteiger partial charge in [-0.1, -0.05) is 12.1 Å². The topological polar surface area (TPSA) is 36.7 Å². The van der Waals surface area contributed by atoms with Gasteiger partial charge in [0.05, 0.1) is 5.56 Å². The highest BCUT2D eigenvalue weighted by Crippen LogP contribution is 2.37. The van der Waals surface area contributed by atoms with Gasteiger partial charge in [0.1, 0.15) is 11.9 Å². The van der Waals surface area contributed by atoms with Crippen LogP contribution in [0.2, 0.25) is 0 Å². The van der Waals surface area contributed by atoms with Crippen LogP contribution in [0.5, 0.6) is 0 Å². The van der Waals surface area contributed by atoms with Gasteiger partial charge in [-0.3, -0.25) is 4.98 Å². The molecule has 0 amide bonds. The summed E-state index contributed by atoms with van der Waals surface area (Å²) in [5.74, 6) is -0.258. The third kappa shape index (κ3) is 3.17. The van der Waals surface area contributed by atoms with Crippen LogP contribution >= 0.6 is 11.8 Å². The SMILES string of the molecule is CSc1cc(C)c(-c2cncc(C#N)c2)c(-c2ccc(F)cc2)c1. The molecular weight excluding hydrogens is 319 g/mol. The second kappa shape index (κ2) is 6.86. The first kappa shape index (κ1) is 16.2. The third-order valence-corrected chi connectivity index (χ3v) is 4.56. The number of benzene rings is 2. The maximum Gasteiger partial charge on any atom is 0.123 e. The molecule has 0 aliphatic heterocycles. The summed E-state index contributed by atoms with van der Waals surface area (Å²) in [7, 11) is 0. The van der Waals surface area contributed by atoms with Crippen LogP contribution in [0, 0.1) is 24.1 Å². The molecule has 0 aliphatic rings. The van der Waals surface area contributed by atoms with E-state index in [1.807, 2.05) is 19.2 Å². The Bertz CT molecular complexity index is 927. The number of nitrogens with zero attached hydrogens (tertiary/aromatic N) is 2. The van der Waals surface area contributed by atoms with Gasteiger partial charge in [0.15, 0.2) is 0 Å². The van der Waals surface area contributed by atoms with E-state index >= 15 is 0 Å². The number of hydrogen-bond donors (Lipinski definition) is 0. The summed E-state index contributed by atoms with van der Waals surface area (Å²) < 4.78 is 13.3. The lowest BCUT2D eigenvalue weighted by atomic mass is 9.91. The molecule has 0 unspecified atom stereocenters. The van der Waals surface area contributed by atoms with Crippen molar-refractivity contribution in [3.05, 3.63) is 71.8 Å². The number of thioether (sulfide) groups is 1. The highest BCUT2D eigenvalue weighted by atomic mass is 32.2. The molecule has 0 saturated heterocycles. The smallest absolute Gasteiger partial charge is 0.123 e. The van der Waals surface area contributed by atoms with Gasteiger partial charge < -0.3 is 0 Å². The monoisotopic (exact) mass is 334 g/mol. The normalized spacial score (nSPS) is 10.4. The van der Waals surface area contributed by atoms with Gasteiger partial charge in [-0.05, 0) is 65.8 Å². The summed E-state index contributed by atoms with van der Waals surface area (Å²) in [4.78, 5) is 5.32. The summed E-state index contributed by atoms with van der Waals surface area (Å²) >= 11 is 1.66. The van der Waals surface area contributed by atoms with E-state index in [0.717, 1.165) is 32.7 Å². The van der Waals surface area contributed by atoms with Crippen molar-refractivity contribution in [3.8, 4) is 28.3 Å². The van der Waals surface area contributed by atoms with Gasteiger partial charge >= 0.3 is 0 Å². The molecule has 1 aromatic heterocycles. The maximum absolute atomic E-state index is 13.3. The molecule has 1 heterocycles. The van der Waals surface area contributed by atoms with Crippen molar-refractivity contribution in [2.75, 3.05) is 6.26 Å². The Morgan fingerprint density at radius 3 is 2.46 bits per heavy atom. The van der Waals surface area contributed by atoms with Gasteiger partial charge in [0.2, 0.25) is 0 Å². The van der Waals surface area contributed by atoms with Crippen molar-refractivity contribution in [1.82, 2.24) is 4.98 Å². The van der Waals surface area contributed by atoms with Gasteiger partial charge in [0.25, 0.3) is 0 Å². The molecule has 0 saturated carbocycles. The standard InChI is InChI=1S/C20H15FN2S/c1-13-7-18(24-2)9-19(15-3-5-17(21)6-4-15)20(13)16-8-14(10-22)11-23-12-16/h3-9,11-12H,1-2H3. The average Bonchev–Trinajstić information content (AvgIpc) is 2.61. The Morgan fingerprint density at radius 1 is 1.04 bits per heavy atom. The van der Waals surface area contributed by atoms with Crippen LogP contribution in [0.3, 0.4) is 0 Å². The van der Waals surface area contributed by atoms with Gasteiger partial charge in [-0.2, -0.15) is 5.26 Å². The molecular formula is C20H15FN2S. The lowest BCUT2D eigenvalue weighted by Gasteiger charge is -2.15. The largest absolute Gasteiger partial charge is 0.263 e. The molecule has 3 rings (SSSR count). The van der Waals surface area contributed by atoms with Crippen LogP contribution in [-0.4, -0.2) is 11.2 Å². The van der Waals surface area contributed by atoms with E-state index in [-0.39, 0.29) is 5.82 Å². The molecule has 2 nitrogen and oxygen atoms in total. The van der Waals surface area contributed by atoms with Crippen molar-refractivity contribution < 1.29 is 4.39 Å². The van der Waals surface area contributed by atoms with E-state index in [1.54, 1.807) is 36.3 Å². The second-order valence-electron chi connectivity index (χ2n) is 5.45. The summed E-state index contributed by atoms with van der Waals surface area (Å²) in [6, 6.07) is 14.7. The zero-order valence-corrected chi connectivity index (χ0v) is 14.2. The molecule has 0 spiro atoms. The Hall–Kier alpha value is -2.64. The minimum absolute atomic E-state index is 0.258. The number of nitriles is 1. The number of halogens is 1. The minimum atomic E-state index is -0.258. The number of rotatable bonds is 3. The predicted molar refractivity (Wildman–Crippen MR) is 96.3 cm³/mol. The van der Waals surface area contributed by atoms with Crippen LogP contribution in [-0.2, 0) is 0 Å². The van der Waals surface area contributed by atoms with E-state index < -0.39 is 0 Å². The maximum atomic E-state index is 13.3. The first-order chi connectivity index (χ1) is 11.6. The van der Waals surface area contributed by atoms with Crippen molar-refractivity contribution in [2.45, 2.75) is 11.8 Å². The molecule has 0 bridgehead atoms. The molecule has 0 radical (unpaired) electrons. The van der Waals surface area contributed by atoms with E-state index in [4.69, 9.17) is 5.26 Å². The summed E-state index contributed by atoms with van der Waals surface area (Å²) in [5, 5.41) is 9.14. The Balaban J connectivity index is 2.28. The van der Waals surface area contributed by atoms with Gasteiger partial charge in [-0.15, -0.1) is 11.8 Å². The third-order valence-electron chi connectivity index (χ3n) is 3.86. The fourth-order valence-corrected chi connectivity index (χ4v) is 3.28. The summed E-state index contributed by atoms with van der Waals surface area (Å²) in [5.41, 5.74) is 5.47. The van der Waals surface area contributed by atoms with Gasteiger partial charge in [-0.25, -0.2) is 4.39 Å². The lowest BCUT2D eigenvalue weighted by molar-refractivity contribution is 0.628. The summed E-state index contributed by atoms with van der Waals surface area (Å²) in [6.07, 6.45) is 5.34. The number of pyridine rings is 1. The Labute approximate surface area is 145 Å². The molecule has 0 N–H and O–H groups in total. The van der Waals surface area contributed by atoms with E-state index in [1.165, 1.54) is 12.1 Å². The molecule has 24 heavy (non-hydrogen) atoms. The predicted octanol–water partition coefficient (Wildman–Crippen LogP) is 5.46. The first-order valence-corrected chi connectivity index (χ1v) is 8.65. The molecule has 3 aromatic rings. The quantitative estimate of drug-likeness (QED) is 0.597. The zero-order valence-electron chi connectivity index (χ0n) is 13.4. The molecule has 0 aliphatic carbocycles. The molecule has 2 aromatic carbocycles. The zero-order chi connectivity index (χ0) is 17.1. The minimum Gasteiger partial charge on any atom is -0.263 e. The van der Waals surface area contributed by atoms with Crippen LogP contribution in [0.4, 0.5) is 4.39 Å². The van der Waals surface area contributed by atoms with Crippen molar-refractivity contribution in [1.29, 1.82) is 5.26 Å². The Morgan fingerprint density at radius 2 is 1.79 bits per heavy atom. The van der Waals surface area contributed by atoms with E-state index in [0.29, 0.717) is 5.56 Å². The van der Waals surface area contributed by atoms with Crippen molar-refractivity contribution in [2.24, 2.45) is 0 Å². The number of aromatic nitrogens is 1. The van der Waals surface area contributed by atoms with Crippen molar-refractivity contribution in [3.63, 3.8) is 0 Å². The average molecular weight is 334 g/mol. The number of aryl methyl sites for hydroxylation is 1. The van der Waals surface area contributed by atoms with Crippen LogP contribution in [0.25, 0.3) is 22.3 Å². The summed E-state index contributed by atoms with van der Waals surface area (Å²) in [6.45, 7) is 2.04. The van der Waals surface area contributed by atoms with Crippen LogP contribution in [0.15, 0.2) is 59.8 Å². The van der Waals surface area contributed by atoms with E-state index in [2.05, 4.69) is 23.2 Å². The molecule has 0 atom stereocenters. The lowest BCUT2D eigenvalue weighted by Crippen LogP contribution is -1.93. The fourth-order valence-electron chi connectivity index (χ4n) is 2.75. The highest BCUT2D eigenvalue weighted by molar-refractivity contribution is 7.98. The van der Waals surface area contributed by atoms with Gasteiger partial charge in [0, 0.05) is 22.9 Å². The van der Waals surface area contributed by atoms with Crippen molar-refractivity contribution >= 4 is 11.8 Å². The number of hydrogen-bond acceptors (Lipinski definition) is 3. The Kier molecular flexibility index (Phi) is 4.64. The van der Waals surface area contributed by atoms with Crippen LogP contribution < -0.4 is 0 Å². The first-order valence-electron chi connectivity index (χ1n) is 7.42. The highest BCUT2D eigenvalue weighted by Gasteiger charge is 2.13. The molecule has 4 heteroatoms. The second-order valence-corrected chi connectivity index (χ2v) is 6.33. The molecule has 0 fully saturated rings. The van der Waals surface area contributed by atoms with E-state index in [9.17, 15) is 4.39 Å².